The highest BCUT2D eigenvalue weighted by Crippen LogP contribution is 2.66. The predicted molar refractivity (Wildman–Crippen MR) is 118 cm³/mol. The first-order chi connectivity index (χ1) is 14.5. The molecule has 0 unspecified atom stereocenters. The average molecular weight is 417 g/mol. The third-order valence-electron chi connectivity index (χ3n) is 6.29. The van der Waals surface area contributed by atoms with Crippen LogP contribution in [0.4, 0.5) is 5.69 Å². The number of hydrogen-bond donors (Lipinski definition) is 1. The molecule has 5 rings (SSSR count). The number of anilines is 1. The highest BCUT2D eigenvalue weighted by Gasteiger charge is 2.66. The third kappa shape index (κ3) is 2.83. The van der Waals surface area contributed by atoms with Crippen LogP contribution in [-0.2, 0) is 16.8 Å². The topological polar surface area (TPSA) is 49.4 Å². The smallest absolute Gasteiger partial charge is 0.251 e. The Kier molecular flexibility index (Phi) is 4.40. The molecule has 1 fully saturated rings. The van der Waals surface area contributed by atoms with Crippen LogP contribution in [0.15, 0.2) is 72.8 Å². The van der Waals surface area contributed by atoms with Gasteiger partial charge in [0.1, 0.15) is 0 Å². The Morgan fingerprint density at radius 3 is 2.63 bits per heavy atom. The van der Waals surface area contributed by atoms with Gasteiger partial charge < -0.3 is 10.2 Å². The maximum atomic E-state index is 13.7. The molecule has 0 bridgehead atoms. The molecule has 1 heterocycles. The van der Waals surface area contributed by atoms with Crippen molar-refractivity contribution in [2.24, 2.45) is 0 Å². The summed E-state index contributed by atoms with van der Waals surface area (Å²) in [5.74, 6) is 0.158. The molecular weight excluding hydrogens is 396 g/mol. The van der Waals surface area contributed by atoms with Gasteiger partial charge in [0.15, 0.2) is 0 Å². The van der Waals surface area contributed by atoms with Crippen molar-refractivity contribution in [3.63, 3.8) is 0 Å². The van der Waals surface area contributed by atoms with E-state index in [2.05, 4.69) is 11.4 Å². The lowest BCUT2D eigenvalue weighted by atomic mass is 9.92. The Bertz CT molecular complexity index is 1160. The average Bonchev–Trinajstić information content (AvgIpc) is 3.49. The van der Waals surface area contributed by atoms with Crippen molar-refractivity contribution >= 4 is 29.1 Å². The fourth-order valence-corrected chi connectivity index (χ4v) is 4.87. The third-order valence-corrected chi connectivity index (χ3v) is 6.54. The molecule has 5 heteroatoms. The molecule has 2 atom stereocenters. The van der Waals surface area contributed by atoms with Gasteiger partial charge in [-0.15, -0.1) is 0 Å². The number of fused-ring (bicyclic) bond motifs is 2. The van der Waals surface area contributed by atoms with E-state index in [1.165, 1.54) is 0 Å². The SMILES string of the molecule is CNC(=O)c1cccc(CN2C(=O)[C@]3(C[C@@H]3c3ccc(Cl)cc3)c3ccccc32)c1. The molecule has 4 nitrogen and oxygen atoms in total. The van der Waals surface area contributed by atoms with Crippen LogP contribution in [0.25, 0.3) is 0 Å². The van der Waals surface area contributed by atoms with Crippen molar-refractivity contribution in [3.05, 3.63) is 100 Å². The molecule has 30 heavy (non-hydrogen) atoms. The molecule has 1 aliphatic heterocycles. The number of carbonyl (C=O) groups excluding carboxylic acids is 2. The van der Waals surface area contributed by atoms with Gasteiger partial charge in [-0.1, -0.05) is 54.1 Å². The van der Waals surface area contributed by atoms with Crippen LogP contribution in [0.5, 0.6) is 0 Å². The first kappa shape index (κ1) is 18.9. The number of rotatable bonds is 4. The largest absolute Gasteiger partial charge is 0.355 e. The van der Waals surface area contributed by atoms with Gasteiger partial charge in [-0.25, -0.2) is 0 Å². The molecular formula is C25H21ClN2O2. The van der Waals surface area contributed by atoms with E-state index >= 15 is 0 Å². The van der Waals surface area contributed by atoms with Gasteiger partial charge in [0.25, 0.3) is 5.91 Å². The minimum Gasteiger partial charge on any atom is -0.355 e. The van der Waals surface area contributed by atoms with Crippen molar-refractivity contribution in [2.75, 3.05) is 11.9 Å². The fraction of sp³-hybridized carbons (Fsp3) is 0.200. The first-order valence-corrected chi connectivity index (χ1v) is 10.4. The second-order valence-electron chi connectivity index (χ2n) is 7.97. The molecule has 2 aliphatic rings. The molecule has 1 spiro atoms. The lowest BCUT2D eigenvalue weighted by Crippen LogP contribution is -2.32. The number of amides is 2. The summed E-state index contributed by atoms with van der Waals surface area (Å²) in [6, 6.07) is 23.3. The number of nitrogens with one attached hydrogen (secondary N) is 1. The maximum absolute atomic E-state index is 13.7. The Morgan fingerprint density at radius 1 is 1.10 bits per heavy atom. The summed E-state index contributed by atoms with van der Waals surface area (Å²) in [5.41, 5.74) is 4.23. The van der Waals surface area contributed by atoms with E-state index < -0.39 is 5.41 Å². The van der Waals surface area contributed by atoms with Crippen LogP contribution in [-0.4, -0.2) is 18.9 Å². The van der Waals surface area contributed by atoms with Crippen LogP contribution in [0.1, 0.15) is 39.4 Å². The number of hydrogen-bond acceptors (Lipinski definition) is 2. The number of benzene rings is 3. The van der Waals surface area contributed by atoms with E-state index in [0.29, 0.717) is 17.1 Å². The molecule has 0 aromatic heterocycles. The highest BCUT2D eigenvalue weighted by molar-refractivity contribution is 6.30. The Hall–Kier alpha value is -3.11. The quantitative estimate of drug-likeness (QED) is 0.671. The van der Waals surface area contributed by atoms with Crippen LogP contribution in [0.3, 0.4) is 0 Å². The lowest BCUT2D eigenvalue weighted by Gasteiger charge is -2.19. The molecule has 150 valence electrons. The van der Waals surface area contributed by atoms with Crippen LogP contribution >= 0.6 is 11.6 Å². The summed E-state index contributed by atoms with van der Waals surface area (Å²) in [6.07, 6.45) is 0.805. The summed E-state index contributed by atoms with van der Waals surface area (Å²) in [5, 5.41) is 3.35. The van der Waals surface area contributed by atoms with Gasteiger partial charge in [-0.05, 0) is 53.4 Å². The monoisotopic (exact) mass is 416 g/mol. The first-order valence-electron chi connectivity index (χ1n) is 10.0. The van der Waals surface area contributed by atoms with E-state index in [1.807, 2.05) is 65.6 Å². The summed E-state index contributed by atoms with van der Waals surface area (Å²) >= 11 is 6.05. The minimum absolute atomic E-state index is 0.133. The number of para-hydroxylation sites is 1. The molecule has 0 radical (unpaired) electrons. The van der Waals surface area contributed by atoms with Crippen molar-refractivity contribution in [1.29, 1.82) is 0 Å². The summed E-state index contributed by atoms with van der Waals surface area (Å²) in [7, 11) is 1.61. The fourth-order valence-electron chi connectivity index (χ4n) is 4.74. The second-order valence-corrected chi connectivity index (χ2v) is 8.40. The predicted octanol–water partition coefficient (Wildman–Crippen LogP) is 4.67. The Labute approximate surface area is 180 Å². The van der Waals surface area contributed by atoms with Crippen molar-refractivity contribution < 1.29 is 9.59 Å². The number of halogens is 1. The zero-order valence-corrected chi connectivity index (χ0v) is 17.3. The van der Waals surface area contributed by atoms with E-state index in [9.17, 15) is 9.59 Å². The van der Waals surface area contributed by atoms with Crippen LogP contribution in [0, 0.1) is 0 Å². The number of carbonyl (C=O) groups is 2. The van der Waals surface area contributed by atoms with Crippen molar-refractivity contribution in [2.45, 2.75) is 24.3 Å². The van der Waals surface area contributed by atoms with Crippen molar-refractivity contribution in [1.82, 2.24) is 5.32 Å². The van der Waals surface area contributed by atoms with Crippen LogP contribution < -0.4 is 10.2 Å². The Morgan fingerprint density at radius 2 is 1.87 bits per heavy atom. The van der Waals surface area contributed by atoms with Gasteiger partial charge >= 0.3 is 0 Å². The Balaban J connectivity index is 1.49. The van der Waals surface area contributed by atoms with E-state index in [-0.39, 0.29) is 17.7 Å². The molecule has 3 aromatic rings. The zero-order valence-electron chi connectivity index (χ0n) is 16.6. The van der Waals surface area contributed by atoms with E-state index in [4.69, 9.17) is 11.6 Å². The maximum Gasteiger partial charge on any atom is 0.251 e. The van der Waals surface area contributed by atoms with Gasteiger partial charge in [0, 0.05) is 29.2 Å². The van der Waals surface area contributed by atoms with E-state index in [0.717, 1.165) is 28.8 Å². The summed E-state index contributed by atoms with van der Waals surface area (Å²) in [4.78, 5) is 27.6. The van der Waals surface area contributed by atoms with Crippen LogP contribution in [0.2, 0.25) is 5.02 Å². The van der Waals surface area contributed by atoms with Gasteiger partial charge in [-0.3, -0.25) is 9.59 Å². The zero-order chi connectivity index (χ0) is 20.9. The number of nitrogens with zero attached hydrogens (tertiary/aromatic N) is 1. The van der Waals surface area contributed by atoms with Gasteiger partial charge in [0.2, 0.25) is 5.91 Å². The summed E-state index contributed by atoms with van der Waals surface area (Å²) in [6.45, 7) is 0.440. The van der Waals surface area contributed by atoms with Crippen molar-refractivity contribution in [3.8, 4) is 0 Å². The molecule has 2 amide bonds. The highest BCUT2D eigenvalue weighted by atomic mass is 35.5. The normalized spacial score (nSPS) is 21.6. The molecule has 1 aliphatic carbocycles. The minimum atomic E-state index is -0.497. The molecule has 0 saturated heterocycles. The second kappa shape index (κ2) is 6.99. The standard InChI is InChI=1S/C25H21ClN2O2/c1-27-23(29)18-6-4-5-16(13-18)15-28-22-8-3-2-7-20(22)25(24(28)30)14-21(25)17-9-11-19(26)12-10-17/h2-13,21H,14-15H2,1H3,(H,27,29)/t21-,25-/m1/s1. The molecule has 1 N–H and O–H groups in total. The van der Waals surface area contributed by atoms with Gasteiger partial charge in [-0.2, -0.15) is 0 Å². The van der Waals surface area contributed by atoms with E-state index in [1.54, 1.807) is 13.1 Å². The summed E-state index contributed by atoms with van der Waals surface area (Å²) < 4.78 is 0. The molecule has 3 aromatic carbocycles. The lowest BCUT2D eigenvalue weighted by molar-refractivity contribution is -0.120. The molecule has 1 saturated carbocycles. The van der Waals surface area contributed by atoms with Gasteiger partial charge in [0.05, 0.1) is 12.0 Å².